The lowest BCUT2D eigenvalue weighted by atomic mass is 9.87. The van der Waals surface area contributed by atoms with Crippen LogP contribution in [-0.4, -0.2) is 20.7 Å². The van der Waals surface area contributed by atoms with Crippen molar-refractivity contribution in [1.82, 2.24) is 0 Å². The van der Waals surface area contributed by atoms with Crippen molar-refractivity contribution in [2.24, 2.45) is 0 Å². The van der Waals surface area contributed by atoms with Crippen molar-refractivity contribution in [3.63, 3.8) is 0 Å². The van der Waals surface area contributed by atoms with E-state index in [2.05, 4.69) is 76.2 Å². The standard InChI is InChI=1S/C26H29NO2/c1-17-18(2)26-24(19(3)25(17)28-15-20-9-7-6-8-10-20)23(16-29-26)21-11-13-22(14-12-21)27(4)5/h6-14,23H,15-16H2,1-5H3. The zero-order valence-corrected chi connectivity index (χ0v) is 18.0. The third-order valence-corrected chi connectivity index (χ3v) is 6.01. The molecule has 0 N–H and O–H groups in total. The Morgan fingerprint density at radius 3 is 2.24 bits per heavy atom. The van der Waals surface area contributed by atoms with E-state index in [9.17, 15) is 0 Å². The van der Waals surface area contributed by atoms with Crippen molar-refractivity contribution in [3.8, 4) is 11.5 Å². The summed E-state index contributed by atoms with van der Waals surface area (Å²) in [6.45, 7) is 7.69. The molecule has 1 heterocycles. The first kappa shape index (κ1) is 19.4. The molecular weight excluding hydrogens is 358 g/mol. The van der Waals surface area contributed by atoms with Gasteiger partial charge in [-0.25, -0.2) is 0 Å². The normalized spacial score (nSPS) is 15.0. The van der Waals surface area contributed by atoms with E-state index in [1.54, 1.807) is 0 Å². The maximum atomic E-state index is 6.33. The summed E-state index contributed by atoms with van der Waals surface area (Å²) in [5.74, 6) is 2.26. The molecular formula is C26H29NO2. The van der Waals surface area contributed by atoms with Crippen LogP contribution in [0.3, 0.4) is 0 Å². The second-order valence-electron chi connectivity index (χ2n) is 8.07. The van der Waals surface area contributed by atoms with Crippen LogP contribution >= 0.6 is 0 Å². The number of nitrogens with zero attached hydrogens (tertiary/aromatic N) is 1. The van der Waals surface area contributed by atoms with E-state index in [1.165, 1.54) is 39.1 Å². The molecule has 0 saturated heterocycles. The first-order valence-corrected chi connectivity index (χ1v) is 10.2. The molecule has 0 saturated carbocycles. The smallest absolute Gasteiger partial charge is 0.126 e. The molecule has 3 aromatic carbocycles. The van der Waals surface area contributed by atoms with Gasteiger partial charge in [-0.15, -0.1) is 0 Å². The van der Waals surface area contributed by atoms with Crippen LogP contribution in [-0.2, 0) is 6.61 Å². The topological polar surface area (TPSA) is 21.7 Å². The van der Waals surface area contributed by atoms with Crippen molar-refractivity contribution in [2.45, 2.75) is 33.3 Å². The molecule has 3 nitrogen and oxygen atoms in total. The fourth-order valence-electron chi connectivity index (χ4n) is 4.19. The number of benzene rings is 3. The van der Waals surface area contributed by atoms with Gasteiger partial charge in [0.05, 0.1) is 6.61 Å². The molecule has 0 bridgehead atoms. The summed E-state index contributed by atoms with van der Waals surface area (Å²) in [7, 11) is 4.13. The van der Waals surface area contributed by atoms with Crippen LogP contribution in [0.1, 0.15) is 39.3 Å². The van der Waals surface area contributed by atoms with Gasteiger partial charge in [-0.3, -0.25) is 0 Å². The van der Waals surface area contributed by atoms with Gasteiger partial charge in [-0.2, -0.15) is 0 Å². The molecule has 1 unspecified atom stereocenters. The van der Waals surface area contributed by atoms with Gasteiger partial charge in [0.1, 0.15) is 18.1 Å². The second-order valence-corrected chi connectivity index (χ2v) is 8.07. The zero-order chi connectivity index (χ0) is 20.5. The van der Waals surface area contributed by atoms with E-state index < -0.39 is 0 Å². The van der Waals surface area contributed by atoms with E-state index in [0.29, 0.717) is 13.2 Å². The van der Waals surface area contributed by atoms with Gasteiger partial charge in [0.25, 0.3) is 0 Å². The van der Waals surface area contributed by atoms with Gasteiger partial charge in [-0.05, 0) is 60.7 Å². The third kappa shape index (κ3) is 3.57. The van der Waals surface area contributed by atoms with E-state index in [4.69, 9.17) is 9.47 Å². The highest BCUT2D eigenvalue weighted by atomic mass is 16.5. The minimum absolute atomic E-state index is 0.236. The van der Waals surface area contributed by atoms with Crippen molar-refractivity contribution in [1.29, 1.82) is 0 Å². The third-order valence-electron chi connectivity index (χ3n) is 6.01. The molecule has 0 fully saturated rings. The van der Waals surface area contributed by atoms with Crippen LogP contribution in [0.5, 0.6) is 11.5 Å². The maximum absolute atomic E-state index is 6.33. The van der Waals surface area contributed by atoms with Gasteiger partial charge in [0.2, 0.25) is 0 Å². The summed E-state index contributed by atoms with van der Waals surface area (Å²) < 4.78 is 12.5. The number of anilines is 1. The van der Waals surface area contributed by atoms with E-state index in [0.717, 1.165) is 11.5 Å². The summed E-state index contributed by atoms with van der Waals surface area (Å²) in [4.78, 5) is 2.12. The lowest BCUT2D eigenvalue weighted by Gasteiger charge is -2.20. The summed E-state index contributed by atoms with van der Waals surface area (Å²) in [5.41, 5.74) is 8.48. The Hall–Kier alpha value is -2.94. The summed E-state index contributed by atoms with van der Waals surface area (Å²) >= 11 is 0. The zero-order valence-electron chi connectivity index (χ0n) is 18.0. The summed E-state index contributed by atoms with van der Waals surface area (Å²) in [5, 5.41) is 0. The molecule has 0 aliphatic carbocycles. The molecule has 29 heavy (non-hydrogen) atoms. The molecule has 150 valence electrons. The van der Waals surface area contributed by atoms with Crippen LogP contribution in [0.25, 0.3) is 0 Å². The molecule has 1 atom stereocenters. The van der Waals surface area contributed by atoms with Gasteiger partial charge in [-0.1, -0.05) is 42.5 Å². The van der Waals surface area contributed by atoms with E-state index >= 15 is 0 Å². The van der Waals surface area contributed by atoms with Crippen LogP contribution in [0.15, 0.2) is 54.6 Å². The Morgan fingerprint density at radius 2 is 1.59 bits per heavy atom. The quantitative estimate of drug-likeness (QED) is 0.554. The highest BCUT2D eigenvalue weighted by Crippen LogP contribution is 2.47. The Labute approximate surface area is 173 Å². The average Bonchev–Trinajstić information content (AvgIpc) is 3.18. The molecule has 0 amide bonds. The van der Waals surface area contributed by atoms with Crippen LogP contribution in [0.2, 0.25) is 0 Å². The molecule has 3 aromatic rings. The number of ether oxygens (including phenoxy) is 2. The number of hydrogen-bond acceptors (Lipinski definition) is 3. The van der Waals surface area contributed by atoms with Crippen LogP contribution < -0.4 is 14.4 Å². The monoisotopic (exact) mass is 387 g/mol. The highest BCUT2D eigenvalue weighted by molar-refractivity contribution is 5.63. The molecule has 1 aliphatic rings. The number of rotatable bonds is 5. The SMILES string of the molecule is Cc1c(C)c2c(c(C)c1OCc1ccccc1)C(c1ccc(N(C)C)cc1)CO2. The van der Waals surface area contributed by atoms with Gasteiger partial charge in [0.15, 0.2) is 0 Å². The Morgan fingerprint density at radius 1 is 0.897 bits per heavy atom. The first-order chi connectivity index (χ1) is 14.0. The van der Waals surface area contributed by atoms with Crippen LogP contribution in [0.4, 0.5) is 5.69 Å². The van der Waals surface area contributed by atoms with Crippen molar-refractivity contribution >= 4 is 5.69 Å². The first-order valence-electron chi connectivity index (χ1n) is 10.2. The van der Waals surface area contributed by atoms with Crippen molar-refractivity contribution < 1.29 is 9.47 Å². The molecule has 0 radical (unpaired) electrons. The minimum atomic E-state index is 0.236. The predicted octanol–water partition coefficient (Wildman–Crippen LogP) is 5.78. The lowest BCUT2D eigenvalue weighted by molar-refractivity contribution is 0.301. The molecule has 4 rings (SSSR count). The van der Waals surface area contributed by atoms with Crippen LogP contribution in [0, 0.1) is 20.8 Å². The van der Waals surface area contributed by atoms with Gasteiger partial charge >= 0.3 is 0 Å². The largest absolute Gasteiger partial charge is 0.492 e. The van der Waals surface area contributed by atoms with Crippen molar-refractivity contribution in [3.05, 3.63) is 88.0 Å². The van der Waals surface area contributed by atoms with E-state index in [-0.39, 0.29) is 5.92 Å². The summed E-state index contributed by atoms with van der Waals surface area (Å²) in [6.07, 6.45) is 0. The Kier molecular flexibility index (Phi) is 5.23. The predicted molar refractivity (Wildman–Crippen MR) is 120 cm³/mol. The minimum Gasteiger partial charge on any atom is -0.492 e. The number of fused-ring (bicyclic) bond motifs is 1. The van der Waals surface area contributed by atoms with Gasteiger partial charge < -0.3 is 14.4 Å². The van der Waals surface area contributed by atoms with Gasteiger partial charge in [0, 0.05) is 31.3 Å². The fraction of sp³-hybridized carbons (Fsp3) is 0.308. The lowest BCUT2D eigenvalue weighted by Crippen LogP contribution is -2.09. The molecule has 0 aromatic heterocycles. The maximum Gasteiger partial charge on any atom is 0.126 e. The Bertz CT molecular complexity index is 1010. The molecule has 3 heteroatoms. The van der Waals surface area contributed by atoms with E-state index in [1.807, 2.05) is 18.2 Å². The highest BCUT2D eigenvalue weighted by Gasteiger charge is 2.32. The van der Waals surface area contributed by atoms with Crippen molar-refractivity contribution in [2.75, 3.05) is 25.6 Å². The average molecular weight is 388 g/mol. The molecule has 0 spiro atoms. The summed E-state index contributed by atoms with van der Waals surface area (Å²) in [6, 6.07) is 19.1. The Balaban J connectivity index is 1.70. The number of hydrogen-bond donors (Lipinski definition) is 0. The fourth-order valence-corrected chi connectivity index (χ4v) is 4.19. The second kappa shape index (κ2) is 7.82. The molecule has 1 aliphatic heterocycles.